The highest BCUT2D eigenvalue weighted by atomic mass is 16.5. The molecular formula is C11H12N2O4. The van der Waals surface area contributed by atoms with Gasteiger partial charge in [0.1, 0.15) is 5.52 Å². The van der Waals surface area contributed by atoms with Crippen molar-refractivity contribution in [3.8, 4) is 0 Å². The molecule has 1 heterocycles. The predicted molar refractivity (Wildman–Crippen MR) is 58.8 cm³/mol. The van der Waals surface area contributed by atoms with Gasteiger partial charge in [0.2, 0.25) is 0 Å². The van der Waals surface area contributed by atoms with Crippen LogP contribution in [0.4, 0.5) is 0 Å². The first-order chi connectivity index (χ1) is 8.17. The molecule has 2 N–H and O–H groups in total. The van der Waals surface area contributed by atoms with Gasteiger partial charge in [0.05, 0.1) is 18.7 Å². The summed E-state index contributed by atoms with van der Waals surface area (Å²) in [6.07, 6.45) is 0. The van der Waals surface area contributed by atoms with Gasteiger partial charge in [0.25, 0.3) is 5.82 Å². The molecular weight excluding hydrogens is 224 g/mol. The molecule has 0 atom stereocenters. The number of hydrogen-bond acceptors (Lipinski definition) is 5. The van der Waals surface area contributed by atoms with Crippen LogP contribution in [-0.4, -0.2) is 32.6 Å². The Morgan fingerprint density at radius 1 is 1.53 bits per heavy atom. The van der Waals surface area contributed by atoms with Crippen LogP contribution in [0.2, 0.25) is 0 Å². The first-order valence-corrected chi connectivity index (χ1v) is 5.16. The Kier molecular flexibility index (Phi) is 2.97. The second kappa shape index (κ2) is 4.42. The second-order valence-corrected chi connectivity index (χ2v) is 3.45. The van der Waals surface area contributed by atoms with Gasteiger partial charge in [-0.1, -0.05) is 6.07 Å². The molecule has 6 nitrogen and oxygen atoms in total. The first-order valence-electron chi connectivity index (χ1n) is 5.16. The minimum atomic E-state index is -0.684. The van der Waals surface area contributed by atoms with Crippen LogP contribution >= 0.6 is 0 Å². The number of rotatable bonds is 3. The molecule has 0 radical (unpaired) electrons. The maximum Gasteiger partial charge on any atom is 0.377 e. The molecule has 0 aliphatic carbocycles. The third-order valence-electron chi connectivity index (χ3n) is 2.34. The second-order valence-electron chi connectivity index (χ2n) is 3.45. The summed E-state index contributed by atoms with van der Waals surface area (Å²) in [6.45, 7) is 1.74. The molecule has 0 saturated carbocycles. The number of carbonyl (C=O) groups is 1. The zero-order valence-corrected chi connectivity index (χ0v) is 9.25. The molecule has 0 saturated heterocycles. The Bertz CT molecular complexity index is 562. The topological polar surface area (TPSA) is 84.6 Å². The van der Waals surface area contributed by atoms with Crippen molar-refractivity contribution in [1.29, 1.82) is 0 Å². The van der Waals surface area contributed by atoms with Crippen molar-refractivity contribution >= 4 is 17.0 Å². The molecule has 6 heteroatoms. The number of aromatic nitrogens is 2. The molecule has 2 aromatic rings. The summed E-state index contributed by atoms with van der Waals surface area (Å²) >= 11 is 0. The van der Waals surface area contributed by atoms with E-state index in [1.165, 1.54) is 0 Å². The van der Waals surface area contributed by atoms with Crippen molar-refractivity contribution in [2.75, 3.05) is 6.61 Å². The third kappa shape index (κ3) is 1.94. The van der Waals surface area contributed by atoms with E-state index in [9.17, 15) is 10.0 Å². The van der Waals surface area contributed by atoms with E-state index in [0.717, 1.165) is 0 Å². The van der Waals surface area contributed by atoms with Crippen molar-refractivity contribution in [2.24, 2.45) is 0 Å². The lowest BCUT2D eigenvalue weighted by Crippen LogP contribution is -2.11. The van der Waals surface area contributed by atoms with Crippen LogP contribution in [0.25, 0.3) is 11.0 Å². The fourth-order valence-electron chi connectivity index (χ4n) is 1.53. The lowest BCUT2D eigenvalue weighted by molar-refractivity contribution is 0.0470. The van der Waals surface area contributed by atoms with E-state index in [1.807, 2.05) is 0 Å². The Balaban J connectivity index is 2.53. The van der Waals surface area contributed by atoms with Gasteiger partial charge < -0.3 is 15.1 Å². The number of imidazole rings is 1. The zero-order chi connectivity index (χ0) is 12.4. The lowest BCUT2D eigenvalue weighted by atomic mass is 10.2. The third-order valence-corrected chi connectivity index (χ3v) is 2.34. The van der Waals surface area contributed by atoms with Crippen molar-refractivity contribution in [3.05, 3.63) is 29.6 Å². The van der Waals surface area contributed by atoms with E-state index < -0.39 is 5.97 Å². The number of aliphatic hydroxyl groups excluding tert-OH is 1. The monoisotopic (exact) mass is 236 g/mol. The Hall–Kier alpha value is -2.08. The van der Waals surface area contributed by atoms with Gasteiger partial charge >= 0.3 is 5.97 Å². The van der Waals surface area contributed by atoms with Crippen molar-refractivity contribution in [3.63, 3.8) is 0 Å². The summed E-state index contributed by atoms with van der Waals surface area (Å²) in [6, 6.07) is 4.85. The number of hydrogen-bond donors (Lipinski definition) is 2. The molecule has 1 aromatic carbocycles. The summed E-state index contributed by atoms with van der Waals surface area (Å²) in [5.74, 6) is -0.853. The van der Waals surface area contributed by atoms with Crippen LogP contribution in [0.5, 0.6) is 0 Å². The van der Waals surface area contributed by atoms with Gasteiger partial charge in [-0.2, -0.15) is 4.73 Å². The first kappa shape index (κ1) is 11.4. The molecule has 1 aromatic heterocycles. The molecule has 90 valence electrons. The minimum absolute atomic E-state index is 0.143. The summed E-state index contributed by atoms with van der Waals surface area (Å²) in [7, 11) is 0. The van der Waals surface area contributed by atoms with Crippen LogP contribution < -0.4 is 0 Å². The van der Waals surface area contributed by atoms with Crippen molar-refractivity contribution < 1.29 is 19.8 Å². The van der Waals surface area contributed by atoms with Crippen LogP contribution in [0.15, 0.2) is 18.2 Å². The summed E-state index contributed by atoms with van der Waals surface area (Å²) < 4.78 is 5.44. The fraction of sp³-hybridized carbons (Fsp3) is 0.273. The minimum Gasteiger partial charge on any atom is -0.460 e. The van der Waals surface area contributed by atoms with Crippen LogP contribution in [0, 0.1) is 0 Å². The maximum atomic E-state index is 11.5. The normalized spacial score (nSPS) is 10.7. The fourth-order valence-corrected chi connectivity index (χ4v) is 1.53. The largest absolute Gasteiger partial charge is 0.460 e. The molecule has 2 rings (SSSR count). The van der Waals surface area contributed by atoms with Gasteiger partial charge in [0.15, 0.2) is 0 Å². The van der Waals surface area contributed by atoms with Crippen LogP contribution in [-0.2, 0) is 11.3 Å². The van der Waals surface area contributed by atoms with Crippen LogP contribution in [0.1, 0.15) is 23.1 Å². The maximum absolute atomic E-state index is 11.5. The van der Waals surface area contributed by atoms with Gasteiger partial charge in [0, 0.05) is 0 Å². The van der Waals surface area contributed by atoms with E-state index in [1.54, 1.807) is 25.1 Å². The average Bonchev–Trinajstić information content (AvgIpc) is 2.67. The number of ether oxygens (including phenoxy) is 1. The number of fused-ring (bicyclic) bond motifs is 1. The standard InChI is InChI=1S/C11H12N2O4/c1-2-17-11(15)10-12-8-4-3-7(6-14)5-9(8)13(10)16/h3-5,14,16H,2,6H2,1H3. The highest BCUT2D eigenvalue weighted by Crippen LogP contribution is 2.17. The van der Waals surface area contributed by atoms with E-state index in [4.69, 9.17) is 9.84 Å². The van der Waals surface area contributed by atoms with E-state index >= 15 is 0 Å². The number of aliphatic hydroxyl groups is 1. The Morgan fingerprint density at radius 3 is 2.94 bits per heavy atom. The Labute approximate surface area is 97.0 Å². The zero-order valence-electron chi connectivity index (χ0n) is 9.25. The summed E-state index contributed by atoms with van der Waals surface area (Å²) in [5, 5.41) is 18.8. The van der Waals surface area contributed by atoms with Crippen molar-refractivity contribution in [2.45, 2.75) is 13.5 Å². The van der Waals surface area contributed by atoms with Gasteiger partial charge in [-0.05, 0) is 24.6 Å². The smallest absolute Gasteiger partial charge is 0.377 e. The van der Waals surface area contributed by atoms with Crippen molar-refractivity contribution in [1.82, 2.24) is 9.71 Å². The molecule has 0 aliphatic rings. The lowest BCUT2D eigenvalue weighted by Gasteiger charge is -2.00. The van der Waals surface area contributed by atoms with E-state index in [-0.39, 0.29) is 19.0 Å². The number of esters is 1. The van der Waals surface area contributed by atoms with E-state index in [0.29, 0.717) is 21.3 Å². The molecule has 0 spiro atoms. The molecule has 17 heavy (non-hydrogen) atoms. The number of carbonyl (C=O) groups excluding carboxylic acids is 1. The molecule has 0 amide bonds. The Morgan fingerprint density at radius 2 is 2.29 bits per heavy atom. The molecule has 0 aliphatic heterocycles. The molecule has 0 bridgehead atoms. The SMILES string of the molecule is CCOC(=O)c1nc2ccc(CO)cc2n1O. The highest BCUT2D eigenvalue weighted by molar-refractivity contribution is 5.90. The summed E-state index contributed by atoms with van der Waals surface area (Å²) in [4.78, 5) is 15.4. The summed E-state index contributed by atoms with van der Waals surface area (Å²) in [5.41, 5.74) is 1.45. The predicted octanol–water partition coefficient (Wildman–Crippen LogP) is 0.943. The molecule has 0 unspecified atom stereocenters. The number of nitrogens with zero attached hydrogens (tertiary/aromatic N) is 2. The molecule has 0 fully saturated rings. The highest BCUT2D eigenvalue weighted by Gasteiger charge is 2.18. The van der Waals surface area contributed by atoms with E-state index in [2.05, 4.69) is 4.98 Å². The number of benzene rings is 1. The van der Waals surface area contributed by atoms with Gasteiger partial charge in [-0.3, -0.25) is 0 Å². The van der Waals surface area contributed by atoms with Gasteiger partial charge in [-0.25, -0.2) is 9.78 Å². The van der Waals surface area contributed by atoms with Gasteiger partial charge in [-0.15, -0.1) is 0 Å². The van der Waals surface area contributed by atoms with Crippen LogP contribution in [0.3, 0.4) is 0 Å². The average molecular weight is 236 g/mol. The quantitative estimate of drug-likeness (QED) is 0.612.